The smallest absolute Gasteiger partial charge is 0.180 e. The Balaban J connectivity index is 1.97. The van der Waals surface area contributed by atoms with E-state index in [1.165, 1.54) is 5.57 Å². The number of aromatic nitrogens is 3. The third kappa shape index (κ3) is 2.50. The highest BCUT2D eigenvalue weighted by Gasteiger charge is 2.15. The second-order valence-corrected chi connectivity index (χ2v) is 5.70. The van der Waals surface area contributed by atoms with Gasteiger partial charge in [0.15, 0.2) is 11.5 Å². The maximum absolute atomic E-state index is 4.38. The summed E-state index contributed by atoms with van der Waals surface area (Å²) in [6.07, 6.45) is 16.0. The summed E-state index contributed by atoms with van der Waals surface area (Å²) < 4.78 is 1.95. The van der Waals surface area contributed by atoms with Gasteiger partial charge >= 0.3 is 0 Å². The van der Waals surface area contributed by atoms with E-state index in [1.54, 1.807) is 12.4 Å². The summed E-state index contributed by atoms with van der Waals surface area (Å²) in [5.74, 6) is 0.767. The molecule has 3 rings (SSSR count). The first kappa shape index (κ1) is 12.7. The van der Waals surface area contributed by atoms with E-state index in [-0.39, 0.29) is 5.41 Å². The number of rotatable bonds is 2. The molecule has 0 radical (unpaired) electrons. The van der Waals surface area contributed by atoms with Crippen LogP contribution in [0.15, 0.2) is 60.4 Å². The molecule has 4 heteroatoms. The van der Waals surface area contributed by atoms with Gasteiger partial charge in [0.25, 0.3) is 0 Å². The molecule has 0 atom stereocenters. The molecule has 2 heterocycles. The van der Waals surface area contributed by atoms with E-state index < -0.39 is 0 Å². The molecule has 0 bridgehead atoms. The fourth-order valence-corrected chi connectivity index (χ4v) is 2.50. The van der Waals surface area contributed by atoms with Crippen molar-refractivity contribution in [3.05, 3.63) is 60.4 Å². The van der Waals surface area contributed by atoms with Crippen molar-refractivity contribution in [3.8, 4) is 0 Å². The monoisotopic (exact) mass is 266 g/mol. The standard InChI is InChI=1S/C16H18N4/c1-12-4-5-13(11-16(2,3)10-12)19-14-15-18-7-9-20(15)8-6-17-14/h4-11H,1-3H3,(H,17,19). The topological polar surface area (TPSA) is 42.2 Å². The molecule has 0 saturated heterocycles. The number of fused-ring (bicyclic) bond motifs is 1. The van der Waals surface area contributed by atoms with E-state index in [1.807, 2.05) is 16.8 Å². The first-order valence-electron chi connectivity index (χ1n) is 6.69. The minimum atomic E-state index is 0.0103. The van der Waals surface area contributed by atoms with E-state index in [2.05, 4.69) is 60.4 Å². The highest BCUT2D eigenvalue weighted by atomic mass is 15.1. The molecule has 0 spiro atoms. The molecule has 0 aromatic carbocycles. The summed E-state index contributed by atoms with van der Waals surface area (Å²) in [7, 11) is 0. The molecule has 0 unspecified atom stereocenters. The van der Waals surface area contributed by atoms with Gasteiger partial charge in [0, 0.05) is 35.9 Å². The van der Waals surface area contributed by atoms with Crippen molar-refractivity contribution in [2.24, 2.45) is 5.41 Å². The maximum Gasteiger partial charge on any atom is 0.180 e. The molecule has 20 heavy (non-hydrogen) atoms. The van der Waals surface area contributed by atoms with Crippen molar-refractivity contribution in [3.63, 3.8) is 0 Å². The molecule has 1 N–H and O–H groups in total. The summed E-state index contributed by atoms with van der Waals surface area (Å²) in [5, 5.41) is 3.37. The van der Waals surface area contributed by atoms with Gasteiger partial charge in [0.05, 0.1) is 0 Å². The highest BCUT2D eigenvalue weighted by Crippen LogP contribution is 2.27. The summed E-state index contributed by atoms with van der Waals surface area (Å²) >= 11 is 0. The first-order chi connectivity index (χ1) is 9.53. The summed E-state index contributed by atoms with van der Waals surface area (Å²) in [4.78, 5) is 8.72. The van der Waals surface area contributed by atoms with Crippen LogP contribution in [0.1, 0.15) is 20.8 Å². The molecule has 2 aromatic rings. The normalized spacial score (nSPS) is 17.6. The largest absolute Gasteiger partial charge is 0.337 e. The van der Waals surface area contributed by atoms with Crippen LogP contribution in [0.4, 0.5) is 5.82 Å². The zero-order valence-electron chi connectivity index (χ0n) is 12.0. The van der Waals surface area contributed by atoms with Gasteiger partial charge in [-0.1, -0.05) is 37.6 Å². The Labute approximate surface area is 118 Å². The highest BCUT2D eigenvalue weighted by molar-refractivity contribution is 5.65. The van der Waals surface area contributed by atoms with Gasteiger partial charge in [-0.3, -0.25) is 0 Å². The lowest BCUT2D eigenvalue weighted by Gasteiger charge is -2.16. The third-order valence-corrected chi connectivity index (χ3v) is 3.23. The number of allylic oxidation sites excluding steroid dienone is 5. The summed E-state index contributed by atoms with van der Waals surface area (Å²) in [6, 6.07) is 0. The molecule has 2 aromatic heterocycles. The maximum atomic E-state index is 4.38. The van der Waals surface area contributed by atoms with Crippen LogP contribution < -0.4 is 5.32 Å². The van der Waals surface area contributed by atoms with Gasteiger partial charge in [-0.25, -0.2) is 9.97 Å². The first-order valence-corrected chi connectivity index (χ1v) is 6.69. The molecule has 0 aliphatic heterocycles. The van der Waals surface area contributed by atoms with Crippen LogP contribution in [0.25, 0.3) is 5.65 Å². The quantitative estimate of drug-likeness (QED) is 0.903. The Morgan fingerprint density at radius 3 is 2.60 bits per heavy atom. The van der Waals surface area contributed by atoms with Crippen molar-refractivity contribution >= 4 is 11.5 Å². The predicted octanol–water partition coefficient (Wildman–Crippen LogP) is 3.57. The SMILES string of the molecule is CC1=CC(C)(C)C=C(Nc2nccn3ccnc23)C=C1. The second-order valence-electron chi connectivity index (χ2n) is 5.70. The molecule has 1 aliphatic carbocycles. The van der Waals surface area contributed by atoms with Gasteiger partial charge in [0.1, 0.15) is 0 Å². The van der Waals surface area contributed by atoms with E-state index in [0.29, 0.717) is 0 Å². The van der Waals surface area contributed by atoms with Crippen LogP contribution in [-0.4, -0.2) is 14.4 Å². The lowest BCUT2D eigenvalue weighted by Crippen LogP contribution is -2.08. The fraction of sp³-hybridized carbons (Fsp3) is 0.250. The van der Waals surface area contributed by atoms with E-state index in [4.69, 9.17) is 0 Å². The van der Waals surface area contributed by atoms with Crippen LogP contribution in [0.5, 0.6) is 0 Å². The number of nitrogens with one attached hydrogen (secondary N) is 1. The molecule has 4 nitrogen and oxygen atoms in total. The Hall–Kier alpha value is -2.36. The van der Waals surface area contributed by atoms with Crippen LogP contribution in [0.3, 0.4) is 0 Å². The Bertz CT molecular complexity index is 732. The summed E-state index contributed by atoms with van der Waals surface area (Å²) in [6.45, 7) is 6.49. The van der Waals surface area contributed by atoms with Gasteiger partial charge in [-0.15, -0.1) is 0 Å². The van der Waals surface area contributed by atoms with E-state index in [0.717, 1.165) is 17.2 Å². The van der Waals surface area contributed by atoms with Gasteiger partial charge in [-0.2, -0.15) is 0 Å². The van der Waals surface area contributed by atoms with Gasteiger partial charge in [-0.05, 0) is 13.0 Å². The Kier molecular flexibility index (Phi) is 2.93. The number of hydrogen-bond acceptors (Lipinski definition) is 3. The molecule has 0 amide bonds. The Morgan fingerprint density at radius 2 is 1.80 bits per heavy atom. The number of nitrogens with zero attached hydrogens (tertiary/aromatic N) is 3. The van der Waals surface area contributed by atoms with Crippen molar-refractivity contribution in [2.75, 3.05) is 5.32 Å². The molecule has 0 saturated carbocycles. The van der Waals surface area contributed by atoms with Crippen LogP contribution in [0, 0.1) is 5.41 Å². The minimum absolute atomic E-state index is 0.0103. The van der Waals surface area contributed by atoms with E-state index >= 15 is 0 Å². The van der Waals surface area contributed by atoms with Crippen molar-refractivity contribution in [2.45, 2.75) is 20.8 Å². The predicted molar refractivity (Wildman–Crippen MR) is 81.4 cm³/mol. The molecule has 1 aliphatic rings. The molecule has 102 valence electrons. The number of hydrogen-bond donors (Lipinski definition) is 1. The second kappa shape index (κ2) is 4.63. The minimum Gasteiger partial charge on any atom is -0.337 e. The van der Waals surface area contributed by atoms with Crippen molar-refractivity contribution < 1.29 is 0 Å². The molecular weight excluding hydrogens is 248 g/mol. The van der Waals surface area contributed by atoms with Crippen molar-refractivity contribution in [1.29, 1.82) is 0 Å². The van der Waals surface area contributed by atoms with Crippen molar-refractivity contribution in [1.82, 2.24) is 14.4 Å². The number of imidazole rings is 1. The zero-order chi connectivity index (χ0) is 14.2. The Morgan fingerprint density at radius 1 is 1.05 bits per heavy atom. The van der Waals surface area contributed by atoms with Crippen LogP contribution in [-0.2, 0) is 0 Å². The van der Waals surface area contributed by atoms with Crippen LogP contribution in [0.2, 0.25) is 0 Å². The molecule has 0 fully saturated rings. The lowest BCUT2D eigenvalue weighted by molar-refractivity contribution is 0.620. The summed E-state index contributed by atoms with van der Waals surface area (Å²) in [5.41, 5.74) is 3.13. The lowest BCUT2D eigenvalue weighted by atomic mass is 9.91. The third-order valence-electron chi connectivity index (χ3n) is 3.23. The van der Waals surface area contributed by atoms with Crippen LogP contribution >= 0.6 is 0 Å². The average molecular weight is 266 g/mol. The van der Waals surface area contributed by atoms with E-state index in [9.17, 15) is 0 Å². The van der Waals surface area contributed by atoms with Gasteiger partial charge < -0.3 is 9.72 Å². The molecular formula is C16H18N4. The average Bonchev–Trinajstić information content (AvgIpc) is 2.79. The van der Waals surface area contributed by atoms with Gasteiger partial charge in [0.2, 0.25) is 0 Å². The fourth-order valence-electron chi connectivity index (χ4n) is 2.50. The number of anilines is 1. The zero-order valence-corrected chi connectivity index (χ0v) is 12.0.